The molecule has 2 amide bonds. The molecule has 2 aromatic rings. The lowest BCUT2D eigenvalue weighted by Crippen LogP contribution is -2.54. The van der Waals surface area contributed by atoms with Crippen molar-refractivity contribution in [3.05, 3.63) is 30.0 Å². The maximum Gasteiger partial charge on any atom is 0.410 e. The summed E-state index contributed by atoms with van der Waals surface area (Å²) in [7, 11) is 3.36. The van der Waals surface area contributed by atoms with Crippen molar-refractivity contribution in [2.24, 2.45) is 0 Å². The van der Waals surface area contributed by atoms with Crippen molar-refractivity contribution in [2.45, 2.75) is 84.5 Å². The Morgan fingerprint density at radius 1 is 1.17 bits per heavy atom. The van der Waals surface area contributed by atoms with E-state index >= 15 is 0 Å². The van der Waals surface area contributed by atoms with E-state index in [9.17, 15) is 9.59 Å². The number of nitrogens with zero attached hydrogens (tertiary/aromatic N) is 3. The molecular weight excluding hydrogens is 458 g/mol. The number of para-hydroxylation sites is 1. The Bertz CT molecular complexity index is 1040. The second kappa shape index (κ2) is 12.0. The Kier molecular flexibility index (Phi) is 9.28. The van der Waals surface area contributed by atoms with E-state index in [-0.39, 0.29) is 24.1 Å². The van der Waals surface area contributed by atoms with Crippen LogP contribution in [-0.4, -0.2) is 78.0 Å². The van der Waals surface area contributed by atoms with Gasteiger partial charge < -0.3 is 28.6 Å². The summed E-state index contributed by atoms with van der Waals surface area (Å²) < 4.78 is 18.6. The van der Waals surface area contributed by atoms with Gasteiger partial charge in [-0.05, 0) is 72.4 Å². The molecule has 1 aliphatic heterocycles. The largest absolute Gasteiger partial charge is 0.495 e. The van der Waals surface area contributed by atoms with E-state index in [1.54, 1.807) is 19.1 Å². The number of ether oxygens (including phenoxy) is 3. The minimum Gasteiger partial charge on any atom is -0.495 e. The van der Waals surface area contributed by atoms with Crippen LogP contribution in [0.4, 0.5) is 4.79 Å². The first-order valence-corrected chi connectivity index (χ1v) is 13.0. The number of likely N-dealkylation sites (tertiary alicyclic amines) is 1. The lowest BCUT2D eigenvalue weighted by molar-refractivity contribution is 0.00733. The summed E-state index contributed by atoms with van der Waals surface area (Å²) in [5, 5.41) is 0.979. The SMILES string of the molecule is COCCCCn1c(C(=O)N(C(C)C)[C@@H]2CCCN(C(=O)OC(C)(C)C)C2)cc2cccc(OC)c21. The van der Waals surface area contributed by atoms with Crippen LogP contribution >= 0.6 is 0 Å². The van der Waals surface area contributed by atoms with Gasteiger partial charge in [-0.15, -0.1) is 0 Å². The van der Waals surface area contributed by atoms with Gasteiger partial charge >= 0.3 is 6.09 Å². The van der Waals surface area contributed by atoms with Crippen molar-refractivity contribution in [1.29, 1.82) is 0 Å². The number of aryl methyl sites for hydroxylation is 1. The summed E-state index contributed by atoms with van der Waals surface area (Å²) in [4.78, 5) is 30.6. The van der Waals surface area contributed by atoms with Gasteiger partial charge in [0.2, 0.25) is 0 Å². The highest BCUT2D eigenvalue weighted by Gasteiger charge is 2.35. The van der Waals surface area contributed by atoms with E-state index in [4.69, 9.17) is 14.2 Å². The van der Waals surface area contributed by atoms with Gasteiger partial charge in [0.25, 0.3) is 5.91 Å². The van der Waals surface area contributed by atoms with Gasteiger partial charge in [-0.25, -0.2) is 4.79 Å². The van der Waals surface area contributed by atoms with Gasteiger partial charge in [0.05, 0.1) is 18.7 Å². The summed E-state index contributed by atoms with van der Waals surface area (Å²) in [5.41, 5.74) is 1.03. The monoisotopic (exact) mass is 501 g/mol. The van der Waals surface area contributed by atoms with Crippen molar-refractivity contribution in [3.8, 4) is 5.75 Å². The van der Waals surface area contributed by atoms with E-state index in [0.29, 0.717) is 31.9 Å². The summed E-state index contributed by atoms with van der Waals surface area (Å²) in [6, 6.07) is 7.77. The van der Waals surface area contributed by atoms with Gasteiger partial charge in [0.1, 0.15) is 17.0 Å². The number of fused-ring (bicyclic) bond motifs is 1. The van der Waals surface area contributed by atoms with Gasteiger partial charge in [0, 0.05) is 44.8 Å². The third kappa shape index (κ3) is 6.52. The normalized spacial score (nSPS) is 16.4. The lowest BCUT2D eigenvalue weighted by atomic mass is 10.0. The predicted octanol–water partition coefficient (Wildman–Crippen LogP) is 5.33. The van der Waals surface area contributed by atoms with E-state index < -0.39 is 5.60 Å². The van der Waals surface area contributed by atoms with E-state index in [1.165, 1.54) is 0 Å². The summed E-state index contributed by atoms with van der Waals surface area (Å²) in [6.07, 6.45) is 3.14. The molecule has 0 bridgehead atoms. The number of aromatic nitrogens is 1. The fourth-order valence-corrected chi connectivity index (χ4v) is 5.01. The molecule has 1 saturated heterocycles. The fourth-order valence-electron chi connectivity index (χ4n) is 5.01. The zero-order chi connectivity index (χ0) is 26.5. The van der Waals surface area contributed by atoms with Crippen LogP contribution in [0.5, 0.6) is 5.75 Å². The highest BCUT2D eigenvalue weighted by atomic mass is 16.6. The third-order valence-corrected chi connectivity index (χ3v) is 6.53. The number of amides is 2. The lowest BCUT2D eigenvalue weighted by Gasteiger charge is -2.41. The number of piperidine rings is 1. The maximum absolute atomic E-state index is 14.2. The van der Waals surface area contributed by atoms with Crippen LogP contribution in [-0.2, 0) is 16.0 Å². The topological polar surface area (TPSA) is 73.2 Å². The Labute approximate surface area is 215 Å². The van der Waals surface area contributed by atoms with Crippen LogP contribution in [0.2, 0.25) is 0 Å². The highest BCUT2D eigenvalue weighted by Crippen LogP contribution is 2.31. The molecule has 0 radical (unpaired) electrons. The Balaban J connectivity index is 1.93. The van der Waals surface area contributed by atoms with Crippen LogP contribution < -0.4 is 4.74 Å². The second-order valence-corrected chi connectivity index (χ2v) is 10.8. The first-order chi connectivity index (χ1) is 17.1. The standard InChI is InChI=1S/C28H43N3O5/c1-20(2)31(22-13-11-15-29(19-22)27(33)36-28(3,4)5)26(32)23-18-21-12-10-14-24(35-7)25(21)30(23)16-8-9-17-34-6/h10,12,14,18,20,22H,8-9,11,13,15-17,19H2,1-7H3/t22-/m1/s1. The van der Waals surface area contributed by atoms with Crippen LogP contribution in [0.1, 0.15) is 70.8 Å². The van der Waals surface area contributed by atoms with Crippen LogP contribution in [0.3, 0.4) is 0 Å². The molecule has 1 aromatic heterocycles. The molecule has 0 aliphatic carbocycles. The Hall–Kier alpha value is -2.74. The molecular formula is C28H43N3O5. The number of benzene rings is 1. The van der Waals surface area contributed by atoms with Crippen molar-refractivity contribution in [2.75, 3.05) is 33.9 Å². The first kappa shape index (κ1) is 27.8. The molecule has 8 nitrogen and oxygen atoms in total. The molecule has 0 saturated carbocycles. The number of rotatable bonds is 9. The van der Waals surface area contributed by atoms with Gasteiger partial charge in [-0.2, -0.15) is 0 Å². The number of hydrogen-bond donors (Lipinski definition) is 0. The smallest absolute Gasteiger partial charge is 0.410 e. The van der Waals surface area contributed by atoms with Crippen LogP contribution in [0.15, 0.2) is 24.3 Å². The second-order valence-electron chi connectivity index (χ2n) is 10.8. The molecule has 1 fully saturated rings. The number of hydrogen-bond acceptors (Lipinski definition) is 5. The van der Waals surface area contributed by atoms with Crippen molar-refractivity contribution >= 4 is 22.9 Å². The molecule has 2 heterocycles. The molecule has 200 valence electrons. The highest BCUT2D eigenvalue weighted by molar-refractivity contribution is 6.00. The quantitative estimate of drug-likeness (QED) is 0.435. The Morgan fingerprint density at radius 2 is 1.92 bits per heavy atom. The minimum atomic E-state index is -0.555. The van der Waals surface area contributed by atoms with Crippen LogP contribution in [0, 0.1) is 0 Å². The average molecular weight is 502 g/mol. The van der Waals surface area contributed by atoms with Gasteiger partial charge in [-0.1, -0.05) is 12.1 Å². The van der Waals surface area contributed by atoms with Gasteiger partial charge in [0.15, 0.2) is 0 Å². The molecule has 1 aromatic carbocycles. The third-order valence-electron chi connectivity index (χ3n) is 6.53. The molecule has 0 spiro atoms. The summed E-state index contributed by atoms with van der Waals surface area (Å²) in [5.74, 6) is 0.731. The summed E-state index contributed by atoms with van der Waals surface area (Å²) in [6.45, 7) is 12.2. The van der Waals surface area contributed by atoms with Crippen molar-refractivity contribution in [1.82, 2.24) is 14.4 Å². The fraction of sp³-hybridized carbons (Fsp3) is 0.643. The molecule has 1 aliphatic rings. The molecule has 1 atom stereocenters. The molecule has 0 unspecified atom stereocenters. The summed E-state index contributed by atoms with van der Waals surface area (Å²) >= 11 is 0. The van der Waals surface area contributed by atoms with Crippen molar-refractivity contribution in [3.63, 3.8) is 0 Å². The molecule has 36 heavy (non-hydrogen) atoms. The Morgan fingerprint density at radius 3 is 2.56 bits per heavy atom. The van der Waals surface area contributed by atoms with Crippen LogP contribution in [0.25, 0.3) is 10.9 Å². The number of unbranched alkanes of at least 4 members (excludes halogenated alkanes) is 1. The minimum absolute atomic E-state index is 0.0222. The van der Waals surface area contributed by atoms with E-state index in [1.807, 2.05) is 63.8 Å². The molecule has 8 heteroatoms. The van der Waals surface area contributed by atoms with Gasteiger partial charge in [-0.3, -0.25) is 4.79 Å². The van der Waals surface area contributed by atoms with Crippen molar-refractivity contribution < 1.29 is 23.8 Å². The number of carbonyl (C=O) groups is 2. The van der Waals surface area contributed by atoms with E-state index in [0.717, 1.165) is 42.3 Å². The zero-order valence-corrected chi connectivity index (χ0v) is 23.0. The van der Waals surface area contributed by atoms with E-state index in [2.05, 4.69) is 4.57 Å². The number of carbonyl (C=O) groups excluding carboxylic acids is 2. The number of methoxy groups -OCH3 is 2. The zero-order valence-electron chi connectivity index (χ0n) is 23.0. The first-order valence-electron chi connectivity index (χ1n) is 13.0. The predicted molar refractivity (Wildman–Crippen MR) is 142 cm³/mol. The molecule has 3 rings (SSSR count). The maximum atomic E-state index is 14.2. The average Bonchev–Trinajstić information content (AvgIpc) is 3.19. The molecule has 0 N–H and O–H groups in total.